The number of aliphatic hydroxyl groups is 1. The van der Waals surface area contributed by atoms with E-state index in [0.29, 0.717) is 5.56 Å². The van der Waals surface area contributed by atoms with Gasteiger partial charge in [-0.05, 0) is 35.6 Å². The lowest BCUT2D eigenvalue weighted by Crippen LogP contribution is -1.99. The molecule has 0 spiro atoms. The van der Waals surface area contributed by atoms with Crippen molar-refractivity contribution < 1.29 is 13.9 Å². The summed E-state index contributed by atoms with van der Waals surface area (Å²) in [6, 6.07) is 7.83. The van der Waals surface area contributed by atoms with Crippen molar-refractivity contribution in [1.82, 2.24) is 0 Å². The molecule has 0 aliphatic rings. The van der Waals surface area contributed by atoms with Crippen molar-refractivity contribution in [3.63, 3.8) is 0 Å². The van der Waals surface area contributed by atoms with E-state index in [-0.39, 0.29) is 5.56 Å². The largest absolute Gasteiger partial charge is 0.383 e. The Morgan fingerprint density at radius 2 is 1.88 bits per heavy atom. The molecule has 4 heteroatoms. The van der Waals surface area contributed by atoms with E-state index in [1.807, 2.05) is 18.4 Å². The summed E-state index contributed by atoms with van der Waals surface area (Å²) in [5, 5.41) is 12.0. The molecule has 0 saturated heterocycles. The van der Waals surface area contributed by atoms with E-state index in [2.05, 4.69) is 0 Å². The lowest BCUT2D eigenvalue weighted by molar-refractivity contribution is 0.151. The number of thiophene rings is 1. The van der Waals surface area contributed by atoms with Gasteiger partial charge < -0.3 is 5.11 Å². The fraction of sp³-hybridized carbons (Fsp3) is 0.231. The van der Waals surface area contributed by atoms with E-state index < -0.39 is 12.5 Å². The molecule has 0 fully saturated rings. The van der Waals surface area contributed by atoms with E-state index in [1.165, 1.54) is 23.5 Å². The van der Waals surface area contributed by atoms with Gasteiger partial charge in [0.05, 0.1) is 0 Å². The van der Waals surface area contributed by atoms with Gasteiger partial charge in [-0.3, -0.25) is 0 Å². The van der Waals surface area contributed by atoms with Gasteiger partial charge in [0, 0.05) is 10.4 Å². The topological polar surface area (TPSA) is 20.2 Å². The second-order valence-corrected chi connectivity index (χ2v) is 4.79. The SMILES string of the molecule is Cc1ccsc1C(O)c1cccc(C(F)F)c1. The monoisotopic (exact) mass is 254 g/mol. The van der Waals surface area contributed by atoms with Crippen molar-refractivity contribution in [3.8, 4) is 0 Å². The number of halogens is 2. The van der Waals surface area contributed by atoms with Crippen molar-refractivity contribution in [2.45, 2.75) is 19.5 Å². The third-order valence-electron chi connectivity index (χ3n) is 2.63. The molecule has 0 aliphatic heterocycles. The van der Waals surface area contributed by atoms with E-state index in [9.17, 15) is 13.9 Å². The number of benzene rings is 1. The Bertz CT molecular complexity index is 508. The standard InChI is InChI=1S/C13H12F2OS/c1-8-5-6-17-12(8)11(16)9-3-2-4-10(7-9)13(14)15/h2-7,11,13,16H,1H3. The molecule has 0 amide bonds. The van der Waals surface area contributed by atoms with Gasteiger partial charge in [0.25, 0.3) is 6.43 Å². The third-order valence-corrected chi connectivity index (χ3v) is 3.70. The van der Waals surface area contributed by atoms with Crippen LogP contribution in [0.5, 0.6) is 0 Å². The predicted molar refractivity (Wildman–Crippen MR) is 64.5 cm³/mol. The Morgan fingerprint density at radius 1 is 1.18 bits per heavy atom. The molecule has 2 aromatic rings. The van der Waals surface area contributed by atoms with Crippen LogP contribution in [-0.4, -0.2) is 5.11 Å². The lowest BCUT2D eigenvalue weighted by Gasteiger charge is -2.11. The molecule has 1 N–H and O–H groups in total. The quantitative estimate of drug-likeness (QED) is 0.875. The molecule has 0 aliphatic carbocycles. The number of alkyl halides is 2. The first-order valence-corrected chi connectivity index (χ1v) is 6.07. The first-order valence-electron chi connectivity index (χ1n) is 5.19. The summed E-state index contributed by atoms with van der Waals surface area (Å²) in [6.45, 7) is 1.89. The maximum absolute atomic E-state index is 12.6. The van der Waals surface area contributed by atoms with Crippen LogP contribution in [0.4, 0.5) is 8.78 Å². The molecule has 0 bridgehead atoms. The van der Waals surface area contributed by atoms with E-state index >= 15 is 0 Å². The highest BCUT2D eigenvalue weighted by Crippen LogP contribution is 2.31. The van der Waals surface area contributed by atoms with Crippen LogP contribution in [0.2, 0.25) is 0 Å². The fourth-order valence-electron chi connectivity index (χ4n) is 1.68. The van der Waals surface area contributed by atoms with Gasteiger partial charge in [0.1, 0.15) is 6.10 Å². The van der Waals surface area contributed by atoms with Crippen LogP contribution in [0, 0.1) is 6.92 Å². The smallest absolute Gasteiger partial charge is 0.263 e. The molecule has 17 heavy (non-hydrogen) atoms. The second-order valence-electron chi connectivity index (χ2n) is 3.84. The predicted octanol–water partition coefficient (Wildman–Crippen LogP) is 4.08. The van der Waals surface area contributed by atoms with Crippen LogP contribution in [0.15, 0.2) is 35.7 Å². The molecule has 1 atom stereocenters. The van der Waals surface area contributed by atoms with Crippen LogP contribution in [-0.2, 0) is 0 Å². The van der Waals surface area contributed by atoms with Crippen LogP contribution >= 0.6 is 11.3 Å². The normalized spacial score (nSPS) is 13.0. The van der Waals surface area contributed by atoms with Crippen molar-refractivity contribution in [2.75, 3.05) is 0 Å². The summed E-state index contributed by atoms with van der Waals surface area (Å²) in [6.07, 6.45) is -3.33. The minimum atomic E-state index is -2.51. The lowest BCUT2D eigenvalue weighted by atomic mass is 10.0. The second kappa shape index (κ2) is 4.94. The van der Waals surface area contributed by atoms with Crippen LogP contribution in [0.3, 0.4) is 0 Å². The van der Waals surface area contributed by atoms with Crippen LogP contribution < -0.4 is 0 Å². The van der Waals surface area contributed by atoms with Gasteiger partial charge in [-0.2, -0.15) is 0 Å². The zero-order chi connectivity index (χ0) is 12.4. The summed E-state index contributed by atoms with van der Waals surface area (Å²) in [7, 11) is 0. The van der Waals surface area contributed by atoms with Gasteiger partial charge in [-0.1, -0.05) is 18.2 Å². The van der Waals surface area contributed by atoms with Crippen molar-refractivity contribution in [2.24, 2.45) is 0 Å². The highest BCUT2D eigenvalue weighted by molar-refractivity contribution is 7.10. The Hall–Kier alpha value is -1.26. The zero-order valence-corrected chi connectivity index (χ0v) is 10.0. The maximum Gasteiger partial charge on any atom is 0.263 e. The van der Waals surface area contributed by atoms with Gasteiger partial charge >= 0.3 is 0 Å². The summed E-state index contributed by atoms with van der Waals surface area (Å²) in [5.41, 5.74) is 1.43. The minimum Gasteiger partial charge on any atom is -0.383 e. The molecule has 0 radical (unpaired) electrons. The Balaban J connectivity index is 2.34. The molecular formula is C13H12F2OS. The first-order chi connectivity index (χ1) is 8.09. The number of hydrogen-bond donors (Lipinski definition) is 1. The molecule has 2 rings (SSSR count). The average molecular weight is 254 g/mol. The summed E-state index contributed by atoms with van der Waals surface area (Å²) >= 11 is 1.43. The molecule has 1 nitrogen and oxygen atoms in total. The highest BCUT2D eigenvalue weighted by Gasteiger charge is 2.16. The Morgan fingerprint density at radius 3 is 2.47 bits per heavy atom. The molecule has 0 saturated carbocycles. The number of rotatable bonds is 3. The third kappa shape index (κ3) is 2.53. The summed E-state index contributed by atoms with van der Waals surface area (Å²) in [4.78, 5) is 0.802. The van der Waals surface area contributed by atoms with Gasteiger partial charge in [0.2, 0.25) is 0 Å². The minimum absolute atomic E-state index is 0.0595. The van der Waals surface area contributed by atoms with Gasteiger partial charge in [0.15, 0.2) is 0 Å². The summed E-state index contributed by atoms with van der Waals surface area (Å²) in [5.74, 6) is 0. The van der Waals surface area contributed by atoms with Crippen LogP contribution in [0.25, 0.3) is 0 Å². The van der Waals surface area contributed by atoms with Crippen molar-refractivity contribution in [1.29, 1.82) is 0 Å². The number of aryl methyl sites for hydroxylation is 1. The van der Waals surface area contributed by atoms with E-state index in [4.69, 9.17) is 0 Å². The molecule has 1 aromatic carbocycles. The highest BCUT2D eigenvalue weighted by atomic mass is 32.1. The molecular weight excluding hydrogens is 242 g/mol. The van der Waals surface area contributed by atoms with Crippen molar-refractivity contribution >= 4 is 11.3 Å². The molecule has 1 unspecified atom stereocenters. The maximum atomic E-state index is 12.6. The molecule has 1 aromatic heterocycles. The van der Waals surface area contributed by atoms with E-state index in [1.54, 1.807) is 12.1 Å². The average Bonchev–Trinajstić information content (AvgIpc) is 2.74. The number of hydrogen-bond acceptors (Lipinski definition) is 2. The molecule has 90 valence electrons. The molecule has 1 heterocycles. The first kappa shape index (κ1) is 12.2. The van der Waals surface area contributed by atoms with Gasteiger partial charge in [-0.25, -0.2) is 8.78 Å². The van der Waals surface area contributed by atoms with Crippen molar-refractivity contribution in [3.05, 3.63) is 57.3 Å². The van der Waals surface area contributed by atoms with Gasteiger partial charge in [-0.15, -0.1) is 11.3 Å². The van der Waals surface area contributed by atoms with E-state index in [0.717, 1.165) is 10.4 Å². The van der Waals surface area contributed by atoms with Crippen LogP contribution in [0.1, 0.15) is 34.1 Å². The fourth-order valence-corrected chi connectivity index (χ4v) is 2.62. The number of aliphatic hydroxyl groups excluding tert-OH is 1. The Labute approximate surface area is 102 Å². The zero-order valence-electron chi connectivity index (χ0n) is 9.23. The summed E-state index contributed by atoms with van der Waals surface area (Å²) < 4.78 is 25.1. The Kier molecular flexibility index (Phi) is 3.54.